The number of benzene rings is 1. The van der Waals surface area contributed by atoms with Gasteiger partial charge >= 0.3 is 0 Å². The SMILES string of the molecule is Fc1nc(-c2c(F)c(F)c(F)c(F)c2F)n(F)c1F.[K]. The summed E-state index contributed by atoms with van der Waals surface area (Å²) in [6.45, 7) is 0. The Morgan fingerprint density at radius 2 is 1.10 bits per heavy atom. The topological polar surface area (TPSA) is 17.8 Å². The fourth-order valence-corrected chi connectivity index (χ4v) is 1.31. The van der Waals surface area contributed by atoms with Gasteiger partial charge in [-0.25, -0.2) is 22.0 Å². The van der Waals surface area contributed by atoms with E-state index in [1.807, 2.05) is 0 Å². The maximum Gasteiger partial charge on any atom is 0.279 e. The van der Waals surface area contributed by atoms with Crippen LogP contribution in [0.5, 0.6) is 0 Å². The monoisotopic (exact) mass is 327 g/mol. The van der Waals surface area contributed by atoms with E-state index in [4.69, 9.17) is 0 Å². The van der Waals surface area contributed by atoms with Gasteiger partial charge in [0, 0.05) is 51.4 Å². The van der Waals surface area contributed by atoms with Crippen LogP contribution in [0.1, 0.15) is 0 Å². The molecule has 0 bridgehead atoms. The van der Waals surface area contributed by atoms with Gasteiger partial charge in [-0.05, 0) is 0 Å². The third kappa shape index (κ3) is 2.52. The van der Waals surface area contributed by atoms with E-state index in [2.05, 4.69) is 4.98 Å². The van der Waals surface area contributed by atoms with Crippen LogP contribution in [-0.4, -0.2) is 61.2 Å². The molecule has 0 saturated carbocycles. The molecule has 0 aliphatic carbocycles. The van der Waals surface area contributed by atoms with Gasteiger partial charge < -0.3 is 0 Å². The molecule has 0 aliphatic heterocycles. The number of nitrogens with zero attached hydrogens (tertiary/aromatic N) is 2. The molecule has 0 N–H and O–H groups in total. The van der Waals surface area contributed by atoms with Crippen molar-refractivity contribution in [2.75, 3.05) is 0 Å². The van der Waals surface area contributed by atoms with Gasteiger partial charge in [0.15, 0.2) is 29.1 Å². The number of imidazole rings is 1. The number of rotatable bonds is 1. The van der Waals surface area contributed by atoms with Crippen LogP contribution >= 0.6 is 0 Å². The molecule has 1 aromatic heterocycles. The van der Waals surface area contributed by atoms with Gasteiger partial charge in [-0.15, -0.1) is 4.79 Å². The van der Waals surface area contributed by atoms with Crippen molar-refractivity contribution >= 4 is 51.4 Å². The molecule has 0 aliphatic rings. The summed E-state index contributed by atoms with van der Waals surface area (Å²) in [5.74, 6) is -18.3. The zero-order chi connectivity index (χ0) is 14.5. The molecule has 1 radical (unpaired) electrons. The van der Waals surface area contributed by atoms with Crippen molar-refractivity contribution in [3.8, 4) is 11.4 Å². The number of halogens is 8. The van der Waals surface area contributed by atoms with Gasteiger partial charge in [-0.3, -0.25) is 0 Å². The van der Waals surface area contributed by atoms with Crippen LogP contribution in [0.4, 0.5) is 35.2 Å². The largest absolute Gasteiger partial charge is 0.279 e. The first-order chi connectivity index (χ1) is 8.77. The second-order valence-corrected chi connectivity index (χ2v) is 3.24. The number of hydrogen-bond acceptors (Lipinski definition) is 1. The number of hydrogen-bond donors (Lipinski definition) is 0. The minimum absolute atomic E-state index is 0. The van der Waals surface area contributed by atoms with Crippen LogP contribution < -0.4 is 0 Å². The first-order valence-electron chi connectivity index (χ1n) is 4.39. The van der Waals surface area contributed by atoms with Gasteiger partial charge in [0.2, 0.25) is 5.82 Å². The molecule has 1 heterocycles. The van der Waals surface area contributed by atoms with E-state index in [0.29, 0.717) is 0 Å². The molecule has 1 aromatic carbocycles. The molecule has 0 spiro atoms. The van der Waals surface area contributed by atoms with Crippen LogP contribution in [0.3, 0.4) is 0 Å². The van der Waals surface area contributed by atoms with Gasteiger partial charge in [-0.2, -0.15) is 13.8 Å². The molecule has 20 heavy (non-hydrogen) atoms. The Morgan fingerprint density at radius 3 is 1.45 bits per heavy atom. The Labute approximate surface area is 147 Å². The minimum Gasteiger partial charge on any atom is -0.203 e. The van der Waals surface area contributed by atoms with Crippen LogP contribution in [0, 0.1) is 41.0 Å². The van der Waals surface area contributed by atoms with Gasteiger partial charge in [0.05, 0.1) is 5.56 Å². The van der Waals surface area contributed by atoms with E-state index < -0.39 is 57.2 Å². The molecule has 0 saturated heterocycles. The average molecular weight is 327 g/mol. The van der Waals surface area contributed by atoms with Crippen molar-refractivity contribution in [2.45, 2.75) is 0 Å². The van der Waals surface area contributed by atoms with Crippen LogP contribution in [-0.2, 0) is 0 Å². The molecule has 2 aromatic rings. The van der Waals surface area contributed by atoms with E-state index >= 15 is 0 Å². The minimum atomic E-state index is -2.49. The van der Waals surface area contributed by atoms with Gasteiger partial charge in [-0.1, -0.05) is 4.48 Å². The Morgan fingerprint density at radius 1 is 0.700 bits per heavy atom. The summed E-state index contributed by atoms with van der Waals surface area (Å²) in [6.07, 6.45) is 0. The molecule has 103 valence electrons. The molecule has 11 heteroatoms. The summed E-state index contributed by atoms with van der Waals surface area (Å²) >= 11 is 0. The van der Waals surface area contributed by atoms with Crippen molar-refractivity contribution in [3.05, 3.63) is 41.0 Å². The fraction of sp³-hybridized carbons (Fsp3) is 0. The summed E-state index contributed by atoms with van der Waals surface area (Å²) < 4.78 is 103. The Kier molecular flexibility index (Phi) is 5.35. The molecule has 2 rings (SSSR count). The first kappa shape index (κ1) is 17.6. The summed E-state index contributed by atoms with van der Waals surface area (Å²) in [6, 6.07) is 0. The van der Waals surface area contributed by atoms with Gasteiger partial charge in [0.25, 0.3) is 11.9 Å². The molecule has 0 unspecified atom stereocenters. The van der Waals surface area contributed by atoms with Crippen LogP contribution in [0.25, 0.3) is 11.4 Å². The van der Waals surface area contributed by atoms with E-state index in [1.54, 1.807) is 0 Å². The molecular formula is C9F8KN2. The van der Waals surface area contributed by atoms with E-state index in [1.165, 1.54) is 0 Å². The summed E-state index contributed by atoms with van der Waals surface area (Å²) in [5.41, 5.74) is -1.87. The zero-order valence-electron chi connectivity index (χ0n) is 9.42. The zero-order valence-corrected chi connectivity index (χ0v) is 12.5. The van der Waals surface area contributed by atoms with Crippen molar-refractivity contribution in [1.29, 1.82) is 0 Å². The predicted molar refractivity (Wildman–Crippen MR) is 49.6 cm³/mol. The average Bonchev–Trinajstić information content (AvgIpc) is 2.62. The third-order valence-corrected chi connectivity index (χ3v) is 2.17. The van der Waals surface area contributed by atoms with E-state index in [-0.39, 0.29) is 51.4 Å². The smallest absolute Gasteiger partial charge is 0.203 e. The summed E-state index contributed by atoms with van der Waals surface area (Å²) in [7, 11) is 0. The van der Waals surface area contributed by atoms with Crippen molar-refractivity contribution < 1.29 is 35.2 Å². The molecule has 0 amide bonds. The Hall–Kier alpha value is -0.494. The third-order valence-electron chi connectivity index (χ3n) is 2.17. The number of aromatic nitrogens is 2. The van der Waals surface area contributed by atoms with E-state index in [9.17, 15) is 35.2 Å². The molecule has 2 nitrogen and oxygen atoms in total. The standard InChI is InChI=1S/C9F8N2.K/c10-2-1(3(11)5(13)6(14)4(2)12)9-18-7(15)8(16)19(9)17;. The second-order valence-electron chi connectivity index (χ2n) is 3.24. The van der Waals surface area contributed by atoms with Crippen LogP contribution in [0.15, 0.2) is 0 Å². The summed E-state index contributed by atoms with van der Waals surface area (Å²) in [4.78, 5) is 1.15. The van der Waals surface area contributed by atoms with Crippen molar-refractivity contribution in [1.82, 2.24) is 9.77 Å². The van der Waals surface area contributed by atoms with Crippen LogP contribution in [0.2, 0.25) is 0 Å². The fourth-order valence-electron chi connectivity index (χ4n) is 1.31. The van der Waals surface area contributed by atoms with E-state index in [0.717, 1.165) is 0 Å². The van der Waals surface area contributed by atoms with Crippen molar-refractivity contribution in [3.63, 3.8) is 0 Å². The van der Waals surface area contributed by atoms with Crippen molar-refractivity contribution in [2.24, 2.45) is 0 Å². The summed E-state index contributed by atoms with van der Waals surface area (Å²) in [5, 5.41) is 0. The molecular weight excluding hydrogens is 327 g/mol. The molecule has 0 atom stereocenters. The quantitative estimate of drug-likeness (QED) is 0.341. The Bertz CT molecular complexity index is 654. The maximum absolute atomic E-state index is 13.2. The van der Waals surface area contributed by atoms with Gasteiger partial charge in [0.1, 0.15) is 0 Å². The predicted octanol–water partition coefficient (Wildman–Crippen LogP) is 2.88. The molecule has 0 fully saturated rings. The Balaban J connectivity index is 0.00000200. The maximum atomic E-state index is 13.2. The normalized spacial score (nSPS) is 10.6. The first-order valence-corrected chi connectivity index (χ1v) is 4.39. The second kappa shape index (κ2) is 6.09.